The van der Waals surface area contributed by atoms with Gasteiger partial charge < -0.3 is 25.0 Å². The fourth-order valence-electron chi connectivity index (χ4n) is 3.71. The average Bonchev–Trinajstić information content (AvgIpc) is 3.37. The second kappa shape index (κ2) is 8.06. The summed E-state index contributed by atoms with van der Waals surface area (Å²) in [7, 11) is 1.36. The minimum absolute atomic E-state index is 0.0332. The number of carbonyl (C=O) groups is 1. The molecule has 30 heavy (non-hydrogen) atoms. The fourth-order valence-corrected chi connectivity index (χ4v) is 3.71. The first kappa shape index (κ1) is 19.8. The molecule has 4 rings (SSSR count). The van der Waals surface area contributed by atoms with E-state index in [1.165, 1.54) is 7.11 Å². The van der Waals surface area contributed by atoms with Gasteiger partial charge in [-0.25, -0.2) is 4.79 Å². The van der Waals surface area contributed by atoms with E-state index in [1.54, 1.807) is 12.1 Å². The van der Waals surface area contributed by atoms with Crippen molar-refractivity contribution in [2.75, 3.05) is 12.8 Å². The Morgan fingerprint density at radius 3 is 2.87 bits per heavy atom. The summed E-state index contributed by atoms with van der Waals surface area (Å²) in [4.78, 5) is 16.2. The maximum absolute atomic E-state index is 11.6. The van der Waals surface area contributed by atoms with Crippen molar-refractivity contribution in [3.63, 3.8) is 0 Å². The van der Waals surface area contributed by atoms with Gasteiger partial charge in [0.05, 0.1) is 24.9 Å². The third-order valence-corrected chi connectivity index (χ3v) is 5.03. The van der Waals surface area contributed by atoms with Gasteiger partial charge in [-0.05, 0) is 56.0 Å². The average molecular weight is 408 g/mol. The number of carbonyl (C=O) groups excluding carboxylic acids is 1. The van der Waals surface area contributed by atoms with Crippen molar-refractivity contribution in [2.45, 2.75) is 38.8 Å². The Labute approximate surface area is 174 Å². The summed E-state index contributed by atoms with van der Waals surface area (Å²) >= 11 is 0. The molecular weight excluding hydrogens is 384 g/mol. The molecule has 0 spiro atoms. The van der Waals surface area contributed by atoms with Crippen LogP contribution in [0.3, 0.4) is 0 Å². The summed E-state index contributed by atoms with van der Waals surface area (Å²) in [6, 6.07) is 11.2. The zero-order valence-electron chi connectivity index (χ0n) is 17.1. The molecular formula is C22H24N4O4. The number of anilines is 1. The van der Waals surface area contributed by atoms with Gasteiger partial charge in [-0.3, -0.25) is 0 Å². The number of fused-ring (bicyclic) bond motifs is 1. The maximum Gasteiger partial charge on any atom is 0.407 e. The lowest BCUT2D eigenvalue weighted by Gasteiger charge is -2.13. The van der Waals surface area contributed by atoms with Gasteiger partial charge in [0.2, 0.25) is 5.82 Å². The SMILES string of the molecule is COC(=O)N[C@H]1CCc2c(-c3noc(-c4ccc(OC(C)C)c(N)c4)n3)cccc21. The molecule has 8 nitrogen and oxygen atoms in total. The number of nitrogens with one attached hydrogen (secondary N) is 1. The number of rotatable bonds is 5. The molecule has 2 aromatic carbocycles. The van der Waals surface area contributed by atoms with Crippen LogP contribution < -0.4 is 15.8 Å². The Hall–Kier alpha value is -3.55. The number of hydrogen-bond acceptors (Lipinski definition) is 7. The second-order valence-corrected chi connectivity index (χ2v) is 7.44. The highest BCUT2D eigenvalue weighted by molar-refractivity contribution is 5.71. The lowest BCUT2D eigenvalue weighted by atomic mass is 10.0. The number of methoxy groups -OCH3 is 1. The van der Waals surface area contributed by atoms with Gasteiger partial charge in [0, 0.05) is 11.1 Å². The fraction of sp³-hybridized carbons (Fsp3) is 0.318. The van der Waals surface area contributed by atoms with E-state index in [0.29, 0.717) is 23.2 Å². The lowest BCUT2D eigenvalue weighted by molar-refractivity contribution is 0.166. The number of nitrogens with two attached hydrogens (primary N) is 1. The highest BCUT2D eigenvalue weighted by Crippen LogP contribution is 2.37. The molecule has 8 heteroatoms. The number of ether oxygens (including phenoxy) is 2. The third-order valence-electron chi connectivity index (χ3n) is 5.03. The topological polar surface area (TPSA) is 112 Å². The minimum atomic E-state index is -0.442. The predicted molar refractivity (Wildman–Crippen MR) is 112 cm³/mol. The molecule has 1 aliphatic rings. The Kier molecular flexibility index (Phi) is 5.31. The summed E-state index contributed by atoms with van der Waals surface area (Å²) in [5.41, 5.74) is 10.4. The number of aromatic nitrogens is 2. The largest absolute Gasteiger partial charge is 0.489 e. The van der Waals surface area contributed by atoms with Crippen LogP contribution >= 0.6 is 0 Å². The lowest BCUT2D eigenvalue weighted by Crippen LogP contribution is -2.26. The number of nitrogen functional groups attached to an aromatic ring is 1. The van der Waals surface area contributed by atoms with Gasteiger partial charge in [0.1, 0.15) is 5.75 Å². The van der Waals surface area contributed by atoms with Crippen LogP contribution in [0.5, 0.6) is 5.75 Å². The second-order valence-electron chi connectivity index (χ2n) is 7.44. The number of hydrogen-bond donors (Lipinski definition) is 2. The van der Waals surface area contributed by atoms with Crippen LogP contribution in [0.15, 0.2) is 40.9 Å². The summed E-state index contributed by atoms with van der Waals surface area (Å²) in [6.07, 6.45) is 1.19. The van der Waals surface area contributed by atoms with Crippen molar-refractivity contribution in [2.24, 2.45) is 0 Å². The Balaban J connectivity index is 1.61. The minimum Gasteiger partial charge on any atom is -0.489 e. The maximum atomic E-state index is 11.6. The van der Waals surface area contributed by atoms with Crippen LogP contribution in [0.1, 0.15) is 37.4 Å². The molecule has 0 saturated carbocycles. The molecule has 0 aliphatic heterocycles. The highest BCUT2D eigenvalue weighted by atomic mass is 16.5. The van der Waals surface area contributed by atoms with E-state index >= 15 is 0 Å². The van der Waals surface area contributed by atoms with Crippen molar-refractivity contribution < 1.29 is 18.8 Å². The first-order chi connectivity index (χ1) is 14.5. The quantitative estimate of drug-likeness (QED) is 0.611. The zero-order chi connectivity index (χ0) is 21.3. The van der Waals surface area contributed by atoms with E-state index in [1.807, 2.05) is 38.1 Å². The van der Waals surface area contributed by atoms with E-state index in [4.69, 9.17) is 19.7 Å². The number of benzene rings is 2. The van der Waals surface area contributed by atoms with Gasteiger partial charge in [0.15, 0.2) is 0 Å². The standard InChI is InChI=1S/C22H24N4O4/c1-12(2)29-19-10-7-13(11-17(19)23)21-25-20(26-30-21)16-6-4-5-15-14(16)8-9-18(15)24-22(27)28-3/h4-7,10-12,18H,8-9,23H2,1-3H3,(H,24,27)/t18-/m0/s1. The van der Waals surface area contributed by atoms with E-state index < -0.39 is 6.09 Å². The van der Waals surface area contributed by atoms with E-state index in [2.05, 4.69) is 15.5 Å². The summed E-state index contributed by atoms with van der Waals surface area (Å²) in [5.74, 6) is 1.51. The molecule has 156 valence electrons. The molecule has 3 aromatic rings. The van der Waals surface area contributed by atoms with Crippen LogP contribution in [-0.4, -0.2) is 29.4 Å². The monoisotopic (exact) mass is 408 g/mol. The molecule has 0 radical (unpaired) electrons. The van der Waals surface area contributed by atoms with E-state index in [9.17, 15) is 4.79 Å². The van der Waals surface area contributed by atoms with Crippen LogP contribution in [0.4, 0.5) is 10.5 Å². The highest BCUT2D eigenvalue weighted by Gasteiger charge is 2.28. The van der Waals surface area contributed by atoms with Crippen molar-refractivity contribution in [1.29, 1.82) is 0 Å². The Morgan fingerprint density at radius 1 is 1.30 bits per heavy atom. The molecule has 1 aromatic heterocycles. The molecule has 0 unspecified atom stereocenters. The Morgan fingerprint density at radius 2 is 2.13 bits per heavy atom. The van der Waals surface area contributed by atoms with Gasteiger partial charge in [0.25, 0.3) is 5.89 Å². The van der Waals surface area contributed by atoms with Crippen molar-refractivity contribution in [1.82, 2.24) is 15.5 Å². The third kappa shape index (κ3) is 3.80. The molecule has 1 atom stereocenters. The van der Waals surface area contributed by atoms with Crippen molar-refractivity contribution in [3.8, 4) is 28.6 Å². The molecule has 1 heterocycles. The van der Waals surface area contributed by atoms with Gasteiger partial charge in [-0.1, -0.05) is 23.4 Å². The summed E-state index contributed by atoms with van der Waals surface area (Å²) < 4.78 is 15.9. The van der Waals surface area contributed by atoms with Crippen molar-refractivity contribution >= 4 is 11.8 Å². The summed E-state index contributed by atoms with van der Waals surface area (Å²) in [6.45, 7) is 3.89. The van der Waals surface area contributed by atoms with Crippen LogP contribution in [-0.2, 0) is 11.2 Å². The first-order valence-corrected chi connectivity index (χ1v) is 9.83. The zero-order valence-corrected chi connectivity index (χ0v) is 17.1. The first-order valence-electron chi connectivity index (χ1n) is 9.83. The molecule has 0 fully saturated rings. The Bertz CT molecular complexity index is 1080. The van der Waals surface area contributed by atoms with Gasteiger partial charge in [-0.2, -0.15) is 4.98 Å². The molecule has 0 saturated heterocycles. The van der Waals surface area contributed by atoms with Gasteiger partial charge >= 0.3 is 6.09 Å². The summed E-state index contributed by atoms with van der Waals surface area (Å²) in [5, 5.41) is 7.04. The van der Waals surface area contributed by atoms with Crippen LogP contribution in [0.25, 0.3) is 22.8 Å². The smallest absolute Gasteiger partial charge is 0.407 e. The molecule has 1 aliphatic carbocycles. The predicted octanol–water partition coefficient (Wildman–Crippen LogP) is 4.12. The molecule has 1 amide bonds. The number of nitrogens with zero attached hydrogens (tertiary/aromatic N) is 2. The number of alkyl carbamates (subject to hydrolysis) is 1. The molecule has 0 bridgehead atoms. The van der Waals surface area contributed by atoms with E-state index in [0.717, 1.165) is 35.1 Å². The van der Waals surface area contributed by atoms with Gasteiger partial charge in [-0.15, -0.1) is 0 Å². The van der Waals surface area contributed by atoms with Crippen molar-refractivity contribution in [3.05, 3.63) is 47.5 Å². The number of amides is 1. The normalized spacial score (nSPS) is 15.1. The van der Waals surface area contributed by atoms with Crippen LogP contribution in [0.2, 0.25) is 0 Å². The van der Waals surface area contributed by atoms with Crippen LogP contribution in [0, 0.1) is 0 Å². The molecule has 3 N–H and O–H groups in total. The van der Waals surface area contributed by atoms with E-state index in [-0.39, 0.29) is 12.1 Å².